The van der Waals surface area contributed by atoms with Gasteiger partial charge < -0.3 is 5.32 Å². The number of carbonyl (C=O) groups is 2. The highest BCUT2D eigenvalue weighted by Gasteiger charge is 2.22. The van der Waals surface area contributed by atoms with E-state index in [4.69, 9.17) is 0 Å². The van der Waals surface area contributed by atoms with Crippen LogP contribution in [0, 0.1) is 0 Å². The molecular weight excluding hydrogens is 238 g/mol. The number of nitrogens with zero attached hydrogens (tertiary/aromatic N) is 2. The first kappa shape index (κ1) is 11.5. The van der Waals surface area contributed by atoms with Crippen LogP contribution in [-0.4, -0.2) is 22.0 Å². The highest BCUT2D eigenvalue weighted by molar-refractivity contribution is 8.18. The number of hydrogen-bond donors (Lipinski definition) is 1. The lowest BCUT2D eigenvalue weighted by Crippen LogP contribution is -2.23. The van der Waals surface area contributed by atoms with Crippen molar-refractivity contribution in [2.75, 3.05) is 0 Å². The number of aromatic nitrogens is 1. The number of hydrogen-bond acceptors (Lipinski definition) is 4. The van der Waals surface area contributed by atoms with Crippen molar-refractivity contribution in [2.45, 2.75) is 6.92 Å². The Bertz CT molecular complexity index is 523. The molecule has 1 aromatic rings. The molecule has 0 saturated heterocycles. The van der Waals surface area contributed by atoms with Crippen LogP contribution in [0.3, 0.4) is 0 Å². The van der Waals surface area contributed by atoms with Gasteiger partial charge in [0.1, 0.15) is 0 Å². The van der Waals surface area contributed by atoms with Gasteiger partial charge in [-0.05, 0) is 29.5 Å². The summed E-state index contributed by atoms with van der Waals surface area (Å²) in [6.45, 7) is 1.37. The molecule has 6 heteroatoms. The number of rotatable bonds is 1. The molecule has 1 aromatic heterocycles. The number of nitrogens with one attached hydrogen (secondary N) is 1. The summed E-state index contributed by atoms with van der Waals surface area (Å²) in [4.78, 5) is 30.5. The number of aliphatic imine (C=N–C) groups is 1. The zero-order valence-electron chi connectivity index (χ0n) is 9.01. The molecule has 0 spiro atoms. The van der Waals surface area contributed by atoms with Gasteiger partial charge in [0.25, 0.3) is 5.91 Å². The van der Waals surface area contributed by atoms with E-state index in [1.807, 2.05) is 6.07 Å². The minimum absolute atomic E-state index is 0.244. The van der Waals surface area contributed by atoms with Crippen molar-refractivity contribution in [3.63, 3.8) is 0 Å². The van der Waals surface area contributed by atoms with Gasteiger partial charge in [-0.3, -0.25) is 14.6 Å². The molecule has 2 rings (SSSR count). The van der Waals surface area contributed by atoms with Gasteiger partial charge in [0, 0.05) is 19.3 Å². The summed E-state index contributed by atoms with van der Waals surface area (Å²) in [6.07, 6.45) is 5.00. The van der Waals surface area contributed by atoms with Crippen molar-refractivity contribution in [3.05, 3.63) is 35.0 Å². The fraction of sp³-hybridized carbons (Fsp3) is 0.0909. The van der Waals surface area contributed by atoms with E-state index < -0.39 is 0 Å². The maximum atomic E-state index is 11.5. The second-order valence-corrected chi connectivity index (χ2v) is 4.33. The predicted octanol–water partition coefficient (Wildman–Crippen LogP) is 1.19. The molecule has 0 unspecified atom stereocenters. The normalized spacial score (nSPS) is 17.1. The molecule has 1 N–H and O–H groups in total. The molecule has 0 saturated carbocycles. The number of amides is 2. The first-order valence-electron chi connectivity index (χ1n) is 4.85. The molecule has 86 valence electrons. The average molecular weight is 247 g/mol. The lowest BCUT2D eigenvalue weighted by molar-refractivity contribution is -0.117. The third kappa shape index (κ3) is 3.01. The van der Waals surface area contributed by atoms with Crippen LogP contribution in [0.2, 0.25) is 0 Å². The van der Waals surface area contributed by atoms with Crippen LogP contribution in [0.1, 0.15) is 12.5 Å². The Kier molecular flexibility index (Phi) is 3.34. The third-order valence-corrected chi connectivity index (χ3v) is 2.78. The summed E-state index contributed by atoms with van der Waals surface area (Å²) in [5.74, 6) is -0.589. The van der Waals surface area contributed by atoms with Gasteiger partial charge in [0.2, 0.25) is 5.91 Å². The van der Waals surface area contributed by atoms with Gasteiger partial charge in [0.15, 0.2) is 5.17 Å². The Morgan fingerprint density at radius 2 is 2.35 bits per heavy atom. The van der Waals surface area contributed by atoms with Gasteiger partial charge in [-0.1, -0.05) is 6.07 Å². The Morgan fingerprint density at radius 1 is 1.53 bits per heavy atom. The molecule has 5 nitrogen and oxygen atoms in total. The van der Waals surface area contributed by atoms with Crippen LogP contribution in [0.25, 0.3) is 6.08 Å². The van der Waals surface area contributed by atoms with Crippen molar-refractivity contribution < 1.29 is 9.59 Å². The Hall–Kier alpha value is -1.95. The molecule has 0 bridgehead atoms. The summed E-state index contributed by atoms with van der Waals surface area (Å²) in [7, 11) is 0. The summed E-state index contributed by atoms with van der Waals surface area (Å²) in [5.41, 5.74) is 0.822. The fourth-order valence-electron chi connectivity index (χ4n) is 1.23. The van der Waals surface area contributed by atoms with Gasteiger partial charge in [-0.15, -0.1) is 0 Å². The Labute approximate surface area is 102 Å². The minimum atomic E-state index is -0.345. The standard InChI is InChI=1S/C11H9N3O2S/c1-7(15)13-11-14-10(16)9(17-11)5-8-3-2-4-12-6-8/h2-6H,1H3,(H,13,14,15,16). The molecule has 1 aliphatic rings. The number of carbonyl (C=O) groups excluding carboxylic acids is 2. The van der Waals surface area contributed by atoms with Crippen molar-refractivity contribution in [2.24, 2.45) is 4.99 Å². The topological polar surface area (TPSA) is 71.4 Å². The van der Waals surface area contributed by atoms with Crippen molar-refractivity contribution >= 4 is 34.8 Å². The number of amidine groups is 1. The van der Waals surface area contributed by atoms with Gasteiger partial charge >= 0.3 is 0 Å². The summed E-state index contributed by atoms with van der Waals surface area (Å²) in [6, 6.07) is 3.62. The first-order valence-corrected chi connectivity index (χ1v) is 5.67. The SMILES string of the molecule is CC(=O)NC1=NC(=O)C(=Cc2cccnc2)S1. The van der Waals surface area contributed by atoms with E-state index in [2.05, 4.69) is 15.3 Å². The van der Waals surface area contributed by atoms with Crippen LogP contribution >= 0.6 is 11.8 Å². The molecule has 0 atom stereocenters. The minimum Gasteiger partial charge on any atom is -0.305 e. The zero-order chi connectivity index (χ0) is 12.3. The second kappa shape index (κ2) is 4.92. The van der Waals surface area contributed by atoms with Crippen LogP contribution in [0.4, 0.5) is 0 Å². The molecule has 0 fully saturated rings. The molecule has 0 radical (unpaired) electrons. The van der Waals surface area contributed by atoms with E-state index in [0.29, 0.717) is 10.1 Å². The monoisotopic (exact) mass is 247 g/mol. The van der Waals surface area contributed by atoms with Gasteiger partial charge in [-0.2, -0.15) is 4.99 Å². The lowest BCUT2D eigenvalue weighted by atomic mass is 10.2. The molecule has 2 amide bonds. The molecular formula is C11H9N3O2S. The third-order valence-electron chi connectivity index (χ3n) is 1.89. The maximum Gasteiger partial charge on any atom is 0.286 e. The molecule has 0 aromatic carbocycles. The number of pyridine rings is 1. The van der Waals surface area contributed by atoms with E-state index in [1.165, 1.54) is 6.92 Å². The zero-order valence-corrected chi connectivity index (χ0v) is 9.82. The number of thioether (sulfide) groups is 1. The second-order valence-electron chi connectivity index (χ2n) is 3.30. The Balaban J connectivity index is 2.14. The van der Waals surface area contributed by atoms with Crippen molar-refractivity contribution in [1.82, 2.24) is 10.3 Å². The van der Waals surface area contributed by atoms with Crippen LogP contribution in [0.5, 0.6) is 0 Å². The van der Waals surface area contributed by atoms with E-state index >= 15 is 0 Å². The summed E-state index contributed by atoms with van der Waals surface area (Å²) in [5, 5.41) is 2.80. The van der Waals surface area contributed by atoms with Crippen LogP contribution < -0.4 is 5.32 Å². The van der Waals surface area contributed by atoms with E-state index in [9.17, 15) is 9.59 Å². The van der Waals surface area contributed by atoms with Gasteiger partial charge in [-0.25, -0.2) is 0 Å². The lowest BCUT2D eigenvalue weighted by Gasteiger charge is -1.97. The quantitative estimate of drug-likeness (QED) is 0.757. The molecule has 1 aliphatic heterocycles. The van der Waals surface area contributed by atoms with Crippen LogP contribution in [-0.2, 0) is 9.59 Å². The summed E-state index contributed by atoms with van der Waals surface area (Å²) < 4.78 is 0. The van der Waals surface area contributed by atoms with Crippen molar-refractivity contribution in [1.29, 1.82) is 0 Å². The average Bonchev–Trinajstić information content (AvgIpc) is 2.59. The van der Waals surface area contributed by atoms with Gasteiger partial charge in [0.05, 0.1) is 4.91 Å². The Morgan fingerprint density at radius 3 is 3.00 bits per heavy atom. The fourth-order valence-corrected chi connectivity index (χ4v) is 2.09. The van der Waals surface area contributed by atoms with E-state index in [0.717, 1.165) is 17.3 Å². The largest absolute Gasteiger partial charge is 0.305 e. The molecule has 0 aliphatic carbocycles. The first-order chi connectivity index (χ1) is 8.15. The highest BCUT2D eigenvalue weighted by Crippen LogP contribution is 2.27. The molecule has 17 heavy (non-hydrogen) atoms. The summed E-state index contributed by atoms with van der Waals surface area (Å²) >= 11 is 1.14. The van der Waals surface area contributed by atoms with Crippen molar-refractivity contribution in [3.8, 4) is 0 Å². The smallest absolute Gasteiger partial charge is 0.286 e. The van der Waals surface area contributed by atoms with E-state index in [-0.39, 0.29) is 11.8 Å². The highest BCUT2D eigenvalue weighted by atomic mass is 32.2. The maximum absolute atomic E-state index is 11.5. The van der Waals surface area contributed by atoms with E-state index in [1.54, 1.807) is 24.5 Å². The molecule has 2 heterocycles. The van der Waals surface area contributed by atoms with Crippen LogP contribution in [0.15, 0.2) is 34.4 Å². The predicted molar refractivity (Wildman–Crippen MR) is 66.1 cm³/mol.